The highest BCUT2D eigenvalue weighted by Crippen LogP contribution is 2.30. The highest BCUT2D eigenvalue weighted by atomic mass is 16.5. The van der Waals surface area contributed by atoms with Crippen LogP contribution in [0.2, 0.25) is 0 Å². The van der Waals surface area contributed by atoms with Gasteiger partial charge in [-0.05, 0) is 62.1 Å². The third kappa shape index (κ3) is 6.97. The molecule has 2 fully saturated rings. The van der Waals surface area contributed by atoms with Crippen LogP contribution in [-0.4, -0.2) is 78.8 Å². The molecule has 0 unspecified atom stereocenters. The van der Waals surface area contributed by atoms with Crippen molar-refractivity contribution in [2.45, 2.75) is 44.9 Å². The number of nitrogens with zero attached hydrogens (tertiary/aromatic N) is 5. The van der Waals surface area contributed by atoms with E-state index in [0.717, 1.165) is 60.1 Å². The van der Waals surface area contributed by atoms with Gasteiger partial charge in [-0.2, -0.15) is 4.98 Å². The van der Waals surface area contributed by atoms with E-state index in [2.05, 4.69) is 25.4 Å². The lowest BCUT2D eigenvalue weighted by molar-refractivity contribution is -0.123. The molecule has 2 aromatic heterocycles. The molecule has 248 valence electrons. The summed E-state index contributed by atoms with van der Waals surface area (Å²) >= 11 is 0. The number of aromatic nitrogens is 3. The van der Waals surface area contributed by atoms with E-state index in [1.54, 1.807) is 37.7 Å². The van der Waals surface area contributed by atoms with Crippen molar-refractivity contribution < 1.29 is 23.8 Å². The lowest BCUT2D eigenvalue weighted by Gasteiger charge is -2.28. The quantitative estimate of drug-likeness (QED) is 0.337. The number of amides is 2. The van der Waals surface area contributed by atoms with Gasteiger partial charge in [0.2, 0.25) is 5.95 Å². The predicted octanol–water partition coefficient (Wildman–Crippen LogP) is 3.92. The van der Waals surface area contributed by atoms with E-state index in [0.29, 0.717) is 35.9 Å². The molecule has 12 nitrogen and oxygen atoms in total. The molecule has 6 bridgehead atoms. The SMILES string of the molecule is COc1cc2ccc1CNC(=O)COc1cccc(c1)-c1cncc(c1)C(=O)N[C@H]1CN(c3cc(C)nc(N4CCCCC4)n3)C[C@@H]1O2. The van der Waals surface area contributed by atoms with E-state index in [1.165, 1.54) is 6.42 Å². The minimum Gasteiger partial charge on any atom is -0.496 e. The fourth-order valence-electron chi connectivity index (χ4n) is 6.40. The van der Waals surface area contributed by atoms with Crippen molar-refractivity contribution in [1.29, 1.82) is 0 Å². The van der Waals surface area contributed by atoms with Crippen LogP contribution in [0.5, 0.6) is 17.2 Å². The largest absolute Gasteiger partial charge is 0.496 e. The Morgan fingerprint density at radius 2 is 1.73 bits per heavy atom. The molecule has 0 spiro atoms. The Morgan fingerprint density at radius 3 is 2.58 bits per heavy atom. The zero-order chi connectivity index (χ0) is 33.0. The molecule has 12 heteroatoms. The minimum absolute atomic E-state index is 0.154. The van der Waals surface area contributed by atoms with Crippen molar-refractivity contribution in [2.75, 3.05) is 49.7 Å². The number of piperidine rings is 1. The molecule has 6 heterocycles. The van der Waals surface area contributed by atoms with Crippen molar-refractivity contribution in [3.05, 3.63) is 83.8 Å². The first-order valence-electron chi connectivity index (χ1n) is 16.4. The standard InChI is InChI=1S/C36H39N7O5/c1-23-13-33(41-36(39-23)42-11-4-3-5-12-42)43-20-30-32(21-43)48-29-10-9-25(31(16-29)46-2)19-38-34(44)22-47-28-8-6-7-24(15-28)26-14-27(18-37-17-26)35(45)40-30/h6-10,13-18,30,32H,3-5,11-12,19-22H2,1-2H3,(H,38,44)(H,40,45)/t30-,32-/m0/s1. The van der Waals surface area contributed by atoms with Crippen LogP contribution in [0, 0.1) is 6.92 Å². The smallest absolute Gasteiger partial charge is 0.258 e. The van der Waals surface area contributed by atoms with Gasteiger partial charge in [-0.15, -0.1) is 0 Å². The Morgan fingerprint density at radius 1 is 0.875 bits per heavy atom. The van der Waals surface area contributed by atoms with Crippen molar-refractivity contribution in [1.82, 2.24) is 25.6 Å². The van der Waals surface area contributed by atoms with Gasteiger partial charge in [0.05, 0.1) is 25.3 Å². The van der Waals surface area contributed by atoms with E-state index in [-0.39, 0.29) is 31.0 Å². The summed E-state index contributed by atoms with van der Waals surface area (Å²) in [5, 5.41) is 6.13. The molecule has 2 amide bonds. The topological polar surface area (TPSA) is 131 Å². The fraction of sp³-hybridized carbons (Fsp3) is 0.361. The normalized spacial score (nSPS) is 19.8. The van der Waals surface area contributed by atoms with E-state index in [9.17, 15) is 9.59 Å². The Hall–Kier alpha value is -5.39. The molecule has 8 rings (SSSR count). The van der Waals surface area contributed by atoms with Crippen molar-refractivity contribution in [3.8, 4) is 28.4 Å². The number of hydrogen-bond acceptors (Lipinski definition) is 10. The lowest BCUT2D eigenvalue weighted by Crippen LogP contribution is -2.45. The zero-order valence-corrected chi connectivity index (χ0v) is 27.1. The van der Waals surface area contributed by atoms with Gasteiger partial charge in [0.15, 0.2) is 6.61 Å². The monoisotopic (exact) mass is 649 g/mol. The second kappa shape index (κ2) is 13.8. The summed E-state index contributed by atoms with van der Waals surface area (Å²) < 4.78 is 18.0. The van der Waals surface area contributed by atoms with E-state index >= 15 is 0 Å². The number of carbonyl (C=O) groups is 2. The maximum absolute atomic E-state index is 13.8. The molecular formula is C36H39N7O5. The average molecular weight is 650 g/mol. The molecule has 2 atom stereocenters. The first-order chi connectivity index (χ1) is 23.4. The molecule has 4 aliphatic heterocycles. The van der Waals surface area contributed by atoms with Gasteiger partial charge in [0.25, 0.3) is 11.8 Å². The summed E-state index contributed by atoms with van der Waals surface area (Å²) in [5.41, 5.74) is 3.66. The van der Waals surface area contributed by atoms with E-state index in [4.69, 9.17) is 24.2 Å². The highest BCUT2D eigenvalue weighted by molar-refractivity contribution is 5.95. The number of benzene rings is 2. The molecule has 48 heavy (non-hydrogen) atoms. The number of ether oxygens (including phenoxy) is 3. The summed E-state index contributed by atoms with van der Waals surface area (Å²) in [6.45, 7) is 4.96. The lowest BCUT2D eigenvalue weighted by atomic mass is 10.1. The Kier molecular flexibility index (Phi) is 8.95. The number of nitrogens with one attached hydrogen (secondary N) is 2. The van der Waals surface area contributed by atoms with Gasteiger partial charge >= 0.3 is 0 Å². The molecule has 4 aromatic rings. The number of anilines is 2. The van der Waals surface area contributed by atoms with Crippen molar-refractivity contribution >= 4 is 23.6 Å². The molecule has 2 N–H and O–H groups in total. The maximum Gasteiger partial charge on any atom is 0.258 e. The number of pyridine rings is 1. The molecule has 0 saturated carbocycles. The molecule has 0 aliphatic carbocycles. The van der Waals surface area contributed by atoms with Gasteiger partial charge < -0.3 is 34.6 Å². The van der Waals surface area contributed by atoms with Crippen LogP contribution in [-0.2, 0) is 11.3 Å². The summed E-state index contributed by atoms with van der Waals surface area (Å²) in [5.74, 6) is 2.70. The maximum atomic E-state index is 13.8. The Labute approximate surface area is 279 Å². The van der Waals surface area contributed by atoms with Gasteiger partial charge in [0.1, 0.15) is 29.2 Å². The average Bonchev–Trinajstić information content (AvgIpc) is 3.51. The molecule has 0 radical (unpaired) electrons. The van der Waals surface area contributed by atoms with Crippen LogP contribution in [0.1, 0.15) is 40.9 Å². The second-order valence-corrected chi connectivity index (χ2v) is 12.4. The van der Waals surface area contributed by atoms with E-state index in [1.807, 2.05) is 43.3 Å². The third-order valence-electron chi connectivity index (χ3n) is 8.93. The first kappa shape index (κ1) is 31.2. The second-order valence-electron chi connectivity index (χ2n) is 12.4. The van der Waals surface area contributed by atoms with Crippen LogP contribution >= 0.6 is 0 Å². The van der Waals surface area contributed by atoms with Crippen LogP contribution in [0.4, 0.5) is 11.8 Å². The minimum atomic E-state index is -0.409. The van der Waals surface area contributed by atoms with Crippen molar-refractivity contribution in [3.63, 3.8) is 0 Å². The van der Waals surface area contributed by atoms with Crippen LogP contribution in [0.25, 0.3) is 11.1 Å². The molecule has 4 aliphatic rings. The summed E-state index contributed by atoms with van der Waals surface area (Å²) in [6.07, 6.45) is 6.33. The number of aryl methyl sites for hydroxylation is 1. The predicted molar refractivity (Wildman–Crippen MR) is 181 cm³/mol. The highest BCUT2D eigenvalue weighted by Gasteiger charge is 2.37. The Balaban J connectivity index is 1.22. The number of methoxy groups -OCH3 is 1. The fourth-order valence-corrected chi connectivity index (χ4v) is 6.40. The van der Waals surface area contributed by atoms with Crippen LogP contribution in [0.15, 0.2) is 67.0 Å². The van der Waals surface area contributed by atoms with E-state index < -0.39 is 6.10 Å². The van der Waals surface area contributed by atoms with Gasteiger partial charge in [-0.25, -0.2) is 4.98 Å². The summed E-state index contributed by atoms with van der Waals surface area (Å²) in [6, 6.07) is 16.3. The number of hydrogen-bond donors (Lipinski definition) is 2. The summed E-state index contributed by atoms with van der Waals surface area (Å²) in [7, 11) is 1.58. The zero-order valence-electron chi connectivity index (χ0n) is 27.1. The first-order valence-corrected chi connectivity index (χ1v) is 16.4. The third-order valence-corrected chi connectivity index (χ3v) is 8.93. The molecule has 2 saturated heterocycles. The Bertz CT molecular complexity index is 1810. The summed E-state index contributed by atoms with van der Waals surface area (Å²) in [4.78, 5) is 45.0. The van der Waals surface area contributed by atoms with Crippen LogP contribution in [0.3, 0.4) is 0 Å². The van der Waals surface area contributed by atoms with Crippen molar-refractivity contribution in [2.24, 2.45) is 0 Å². The molecular weight excluding hydrogens is 610 g/mol. The van der Waals surface area contributed by atoms with Gasteiger partial charge in [-0.3, -0.25) is 14.6 Å². The number of carbonyl (C=O) groups excluding carboxylic acids is 2. The van der Waals surface area contributed by atoms with Gasteiger partial charge in [0, 0.05) is 67.5 Å². The van der Waals surface area contributed by atoms with Crippen LogP contribution < -0.4 is 34.6 Å². The number of rotatable bonds is 3. The molecule has 2 aromatic carbocycles. The number of fused-ring (bicyclic) bond motifs is 7. The van der Waals surface area contributed by atoms with Gasteiger partial charge in [-0.1, -0.05) is 12.1 Å².